The van der Waals surface area contributed by atoms with Crippen LogP contribution in [-0.2, 0) is 4.79 Å². The highest BCUT2D eigenvalue weighted by Crippen LogP contribution is 2.14. The third-order valence-corrected chi connectivity index (χ3v) is 3.41. The third kappa shape index (κ3) is 2.71. The second-order valence-electron chi connectivity index (χ2n) is 3.94. The van der Waals surface area contributed by atoms with Gasteiger partial charge in [-0.05, 0) is 29.7 Å². The van der Waals surface area contributed by atoms with Crippen LogP contribution in [0.4, 0.5) is 5.95 Å². The second-order valence-corrected chi connectivity index (χ2v) is 4.92. The topological polar surface area (TPSA) is 57.8 Å². The molecular formula is C14H11N3OS. The number of thiophene rings is 1. The van der Waals surface area contributed by atoms with Crippen LogP contribution in [0.2, 0.25) is 0 Å². The molecule has 1 amide bonds. The molecule has 0 radical (unpaired) electrons. The van der Waals surface area contributed by atoms with Gasteiger partial charge in [0.25, 0.3) is 5.91 Å². The quantitative estimate of drug-likeness (QED) is 0.717. The van der Waals surface area contributed by atoms with E-state index in [1.807, 2.05) is 41.8 Å². The molecule has 19 heavy (non-hydrogen) atoms. The Kier molecular flexibility index (Phi) is 3.12. The molecule has 0 spiro atoms. The number of nitrogens with zero attached hydrogens (tertiary/aromatic N) is 1. The number of aromatic nitrogens is 2. The Morgan fingerprint density at radius 1 is 1.26 bits per heavy atom. The second kappa shape index (κ2) is 5.07. The van der Waals surface area contributed by atoms with Crippen molar-refractivity contribution in [3.05, 3.63) is 52.7 Å². The zero-order chi connectivity index (χ0) is 13.1. The van der Waals surface area contributed by atoms with Crippen molar-refractivity contribution in [2.24, 2.45) is 0 Å². The van der Waals surface area contributed by atoms with Crippen LogP contribution in [0.15, 0.2) is 47.9 Å². The molecule has 5 heteroatoms. The zero-order valence-corrected chi connectivity index (χ0v) is 10.8. The zero-order valence-electron chi connectivity index (χ0n) is 9.96. The first-order valence-corrected chi connectivity index (χ1v) is 6.66. The van der Waals surface area contributed by atoms with Crippen molar-refractivity contribution in [1.82, 2.24) is 9.97 Å². The average molecular weight is 269 g/mol. The highest BCUT2D eigenvalue weighted by Gasteiger charge is 2.03. The van der Waals surface area contributed by atoms with E-state index in [-0.39, 0.29) is 5.91 Å². The van der Waals surface area contributed by atoms with Crippen LogP contribution in [0.1, 0.15) is 4.88 Å². The van der Waals surface area contributed by atoms with Crippen LogP contribution in [0.25, 0.3) is 17.1 Å². The number of amides is 1. The van der Waals surface area contributed by atoms with Crippen LogP contribution in [0.5, 0.6) is 0 Å². The maximum atomic E-state index is 11.7. The summed E-state index contributed by atoms with van der Waals surface area (Å²) in [6.07, 6.45) is 3.28. The minimum absolute atomic E-state index is 0.201. The SMILES string of the molecule is O=C(/C=C/c1cccs1)Nc1nc2ccccc2[nH]1. The lowest BCUT2D eigenvalue weighted by Crippen LogP contribution is -2.08. The van der Waals surface area contributed by atoms with Crippen molar-refractivity contribution in [2.45, 2.75) is 0 Å². The maximum Gasteiger partial charge on any atom is 0.250 e. The standard InChI is InChI=1S/C14H11N3OS/c18-13(8-7-10-4-3-9-19-10)17-14-15-11-5-1-2-6-12(11)16-14/h1-9H,(H2,15,16,17,18)/b8-7+. The minimum atomic E-state index is -0.201. The Balaban J connectivity index is 1.72. The lowest BCUT2D eigenvalue weighted by Gasteiger charge is -1.95. The number of carbonyl (C=O) groups is 1. The number of hydrogen-bond donors (Lipinski definition) is 2. The van der Waals surface area contributed by atoms with Crippen molar-refractivity contribution in [3.63, 3.8) is 0 Å². The average Bonchev–Trinajstić information content (AvgIpc) is 3.04. The molecule has 0 aliphatic carbocycles. The van der Waals surface area contributed by atoms with Gasteiger partial charge >= 0.3 is 0 Å². The molecular weight excluding hydrogens is 258 g/mol. The predicted molar refractivity (Wildman–Crippen MR) is 78.1 cm³/mol. The Hall–Kier alpha value is -2.40. The molecule has 2 heterocycles. The first-order valence-electron chi connectivity index (χ1n) is 5.78. The van der Waals surface area contributed by atoms with E-state index < -0.39 is 0 Å². The van der Waals surface area contributed by atoms with E-state index >= 15 is 0 Å². The highest BCUT2D eigenvalue weighted by atomic mass is 32.1. The molecule has 94 valence electrons. The summed E-state index contributed by atoms with van der Waals surface area (Å²) in [5, 5.41) is 4.68. The number of anilines is 1. The molecule has 0 saturated heterocycles. The Morgan fingerprint density at radius 2 is 2.16 bits per heavy atom. The maximum absolute atomic E-state index is 11.7. The first-order chi connectivity index (χ1) is 9.31. The van der Waals surface area contributed by atoms with E-state index in [1.54, 1.807) is 17.4 Å². The van der Waals surface area contributed by atoms with E-state index in [2.05, 4.69) is 15.3 Å². The summed E-state index contributed by atoms with van der Waals surface area (Å²) in [5.41, 5.74) is 1.74. The molecule has 2 N–H and O–H groups in total. The molecule has 0 atom stereocenters. The van der Waals surface area contributed by atoms with Crippen molar-refractivity contribution in [1.29, 1.82) is 0 Å². The van der Waals surface area contributed by atoms with Crippen LogP contribution in [0, 0.1) is 0 Å². The van der Waals surface area contributed by atoms with Crippen LogP contribution >= 0.6 is 11.3 Å². The summed E-state index contributed by atoms with van der Waals surface area (Å²) >= 11 is 1.58. The predicted octanol–water partition coefficient (Wildman–Crippen LogP) is 3.28. The van der Waals surface area contributed by atoms with Crippen LogP contribution in [-0.4, -0.2) is 15.9 Å². The van der Waals surface area contributed by atoms with Gasteiger partial charge in [-0.15, -0.1) is 11.3 Å². The monoisotopic (exact) mass is 269 g/mol. The van der Waals surface area contributed by atoms with Crippen molar-refractivity contribution >= 4 is 40.3 Å². The first kappa shape index (κ1) is 11.7. The van der Waals surface area contributed by atoms with Crippen LogP contribution in [0.3, 0.4) is 0 Å². The lowest BCUT2D eigenvalue weighted by atomic mass is 10.3. The molecule has 2 aromatic heterocycles. The fourth-order valence-corrected chi connectivity index (χ4v) is 2.33. The summed E-state index contributed by atoms with van der Waals surface area (Å²) in [6.45, 7) is 0. The number of nitrogens with one attached hydrogen (secondary N) is 2. The summed E-state index contributed by atoms with van der Waals surface area (Å²) in [7, 11) is 0. The molecule has 3 aromatic rings. The van der Waals surface area contributed by atoms with Gasteiger partial charge in [-0.2, -0.15) is 0 Å². The third-order valence-electron chi connectivity index (χ3n) is 2.57. The number of carbonyl (C=O) groups excluding carboxylic acids is 1. The van der Waals surface area contributed by atoms with Gasteiger partial charge in [0, 0.05) is 11.0 Å². The molecule has 0 aliphatic rings. The van der Waals surface area contributed by atoms with Gasteiger partial charge in [0.05, 0.1) is 11.0 Å². The Bertz CT molecular complexity index is 695. The van der Waals surface area contributed by atoms with Crippen LogP contribution < -0.4 is 5.32 Å². The molecule has 0 aliphatic heterocycles. The Labute approximate surface area is 113 Å². The molecule has 0 bridgehead atoms. The van der Waals surface area contributed by atoms with E-state index in [0.717, 1.165) is 15.9 Å². The summed E-state index contributed by atoms with van der Waals surface area (Å²) in [6, 6.07) is 11.5. The molecule has 4 nitrogen and oxygen atoms in total. The van der Waals surface area contributed by atoms with Crippen molar-refractivity contribution in [2.75, 3.05) is 5.32 Å². The van der Waals surface area contributed by atoms with Gasteiger partial charge in [-0.25, -0.2) is 4.98 Å². The summed E-state index contributed by atoms with van der Waals surface area (Å²) in [5.74, 6) is 0.259. The van der Waals surface area contributed by atoms with Gasteiger partial charge in [-0.3, -0.25) is 10.1 Å². The Morgan fingerprint density at radius 3 is 2.95 bits per heavy atom. The number of aromatic amines is 1. The van der Waals surface area contributed by atoms with Gasteiger partial charge in [0.2, 0.25) is 5.95 Å². The lowest BCUT2D eigenvalue weighted by molar-refractivity contribution is -0.111. The fraction of sp³-hybridized carbons (Fsp3) is 0. The summed E-state index contributed by atoms with van der Waals surface area (Å²) in [4.78, 5) is 20.1. The largest absolute Gasteiger partial charge is 0.324 e. The van der Waals surface area contributed by atoms with Gasteiger partial charge in [0.15, 0.2) is 0 Å². The number of rotatable bonds is 3. The van der Waals surface area contributed by atoms with Gasteiger partial charge in [-0.1, -0.05) is 18.2 Å². The van der Waals surface area contributed by atoms with E-state index in [4.69, 9.17) is 0 Å². The van der Waals surface area contributed by atoms with Crippen molar-refractivity contribution in [3.8, 4) is 0 Å². The smallest absolute Gasteiger partial charge is 0.250 e. The number of hydrogen-bond acceptors (Lipinski definition) is 3. The van der Waals surface area contributed by atoms with Gasteiger partial charge < -0.3 is 4.98 Å². The normalized spacial score (nSPS) is 11.2. The number of imidazole rings is 1. The van der Waals surface area contributed by atoms with E-state index in [1.165, 1.54) is 6.08 Å². The summed E-state index contributed by atoms with van der Waals surface area (Å²) < 4.78 is 0. The van der Waals surface area contributed by atoms with Crippen molar-refractivity contribution < 1.29 is 4.79 Å². The molecule has 0 saturated carbocycles. The number of H-pyrrole nitrogens is 1. The van der Waals surface area contributed by atoms with E-state index in [0.29, 0.717) is 5.95 Å². The molecule has 0 fully saturated rings. The van der Waals surface area contributed by atoms with Gasteiger partial charge in [0.1, 0.15) is 0 Å². The molecule has 3 rings (SSSR count). The number of para-hydroxylation sites is 2. The molecule has 0 unspecified atom stereocenters. The highest BCUT2D eigenvalue weighted by molar-refractivity contribution is 7.10. The molecule has 1 aromatic carbocycles. The fourth-order valence-electron chi connectivity index (χ4n) is 1.71. The van der Waals surface area contributed by atoms with E-state index in [9.17, 15) is 4.79 Å². The minimum Gasteiger partial charge on any atom is -0.324 e. The number of fused-ring (bicyclic) bond motifs is 1. The number of benzene rings is 1.